The molecule has 0 heterocycles. The van der Waals surface area contributed by atoms with E-state index in [4.69, 9.17) is 9.29 Å². The average Bonchev–Trinajstić information content (AvgIpc) is 2.57. The Morgan fingerprint density at radius 2 is 1.62 bits per heavy atom. The van der Waals surface area contributed by atoms with E-state index in [1.165, 1.54) is 45.4 Å². The Morgan fingerprint density at radius 3 is 2.23 bits per heavy atom. The van der Waals surface area contributed by atoms with Crippen LogP contribution in [-0.4, -0.2) is 25.0 Å². The summed E-state index contributed by atoms with van der Waals surface area (Å²) in [6.07, 6.45) is 9.09. The van der Waals surface area contributed by atoms with Gasteiger partial charge in [0.1, 0.15) is 5.75 Å². The van der Waals surface area contributed by atoms with E-state index in [0.29, 0.717) is 5.75 Å². The van der Waals surface area contributed by atoms with Crippen molar-refractivity contribution in [3.63, 3.8) is 0 Å². The van der Waals surface area contributed by atoms with Crippen LogP contribution in [0.1, 0.15) is 70.8 Å². The Hall–Kier alpha value is -1.44. The molecule has 1 aromatic rings. The van der Waals surface area contributed by atoms with E-state index >= 15 is 0 Å². The highest BCUT2D eigenvalue weighted by Crippen LogP contribution is 2.22. The molecular weight excluding hydrogens is 356 g/mol. The van der Waals surface area contributed by atoms with Gasteiger partial charge in [-0.1, -0.05) is 70.1 Å². The molecule has 0 amide bonds. The maximum atomic E-state index is 11.9. The van der Waals surface area contributed by atoms with Crippen molar-refractivity contribution >= 4 is 16.4 Å². The molecule has 6 nitrogen and oxygen atoms in total. The Morgan fingerprint density at radius 1 is 1.04 bits per heavy atom. The van der Waals surface area contributed by atoms with Gasteiger partial charge < -0.3 is 4.74 Å². The van der Waals surface area contributed by atoms with Gasteiger partial charge >= 0.3 is 16.4 Å². The molecule has 0 spiro atoms. The first-order valence-electron chi connectivity index (χ1n) is 9.28. The maximum Gasteiger partial charge on any atom is 0.398 e. The van der Waals surface area contributed by atoms with Crippen LogP contribution in [0.25, 0.3) is 0 Å². The van der Waals surface area contributed by atoms with Crippen molar-refractivity contribution < 1.29 is 26.7 Å². The van der Waals surface area contributed by atoms with E-state index in [9.17, 15) is 13.2 Å². The van der Waals surface area contributed by atoms with Crippen molar-refractivity contribution in [3.8, 4) is 5.75 Å². The first-order valence-corrected chi connectivity index (χ1v) is 10.6. The van der Waals surface area contributed by atoms with Gasteiger partial charge in [-0.25, -0.2) is 8.98 Å². The van der Waals surface area contributed by atoms with Gasteiger partial charge in [-0.15, -0.1) is 0 Å². The van der Waals surface area contributed by atoms with E-state index in [1.807, 2.05) is 12.1 Å². The molecule has 0 bridgehead atoms. The predicted octanol–water partition coefficient (Wildman–Crippen LogP) is 4.48. The van der Waals surface area contributed by atoms with Gasteiger partial charge in [0, 0.05) is 0 Å². The molecule has 1 aromatic carbocycles. The number of hydrogen-bond acceptors (Lipinski definition) is 5. The van der Waals surface area contributed by atoms with E-state index in [-0.39, 0.29) is 0 Å². The van der Waals surface area contributed by atoms with Crippen LogP contribution in [0, 0.1) is 0 Å². The molecule has 26 heavy (non-hydrogen) atoms. The molecule has 0 saturated heterocycles. The van der Waals surface area contributed by atoms with Crippen LogP contribution < -0.4 is 4.74 Å². The standard InChI is InChI=1S/C19H30O6S/c1-3-4-5-6-7-8-9-10-13-17-14-11-12-15-18(17)24-19(20)16(2)25-26(21,22)23/h11-12,14-16H,3-10,13H2,1-2H3,(H,21,22,23). The lowest BCUT2D eigenvalue weighted by atomic mass is 10.0. The zero-order valence-corrected chi connectivity index (χ0v) is 16.5. The molecule has 148 valence electrons. The zero-order valence-electron chi connectivity index (χ0n) is 15.6. The molecule has 1 atom stereocenters. The molecule has 1 N–H and O–H groups in total. The largest absolute Gasteiger partial charge is 0.424 e. The van der Waals surface area contributed by atoms with Crippen LogP contribution in [0.15, 0.2) is 24.3 Å². The molecule has 0 aliphatic carbocycles. The second kappa shape index (κ2) is 12.0. The summed E-state index contributed by atoms with van der Waals surface area (Å²) in [6.45, 7) is 3.41. The number of carbonyl (C=O) groups excluding carboxylic acids is 1. The minimum Gasteiger partial charge on any atom is -0.424 e. The molecule has 1 unspecified atom stereocenters. The normalized spacial score (nSPS) is 12.7. The highest BCUT2D eigenvalue weighted by Gasteiger charge is 2.22. The third kappa shape index (κ3) is 9.89. The number of ether oxygens (including phenoxy) is 1. The fraction of sp³-hybridized carbons (Fsp3) is 0.632. The lowest BCUT2D eigenvalue weighted by Crippen LogP contribution is -2.28. The monoisotopic (exact) mass is 386 g/mol. The Kier molecular flexibility index (Phi) is 10.5. The SMILES string of the molecule is CCCCCCCCCCc1ccccc1OC(=O)C(C)OS(=O)(=O)O. The Labute approximate surface area is 156 Å². The summed E-state index contributed by atoms with van der Waals surface area (Å²) in [5, 5.41) is 0. The van der Waals surface area contributed by atoms with Crippen molar-refractivity contribution in [2.24, 2.45) is 0 Å². The van der Waals surface area contributed by atoms with Crippen LogP contribution in [-0.2, 0) is 25.8 Å². The molecule has 0 aliphatic heterocycles. The number of aryl methyl sites for hydroxylation is 1. The second-order valence-electron chi connectivity index (χ2n) is 6.42. The van der Waals surface area contributed by atoms with Crippen LogP contribution >= 0.6 is 0 Å². The van der Waals surface area contributed by atoms with Crippen molar-refractivity contribution in [2.45, 2.75) is 77.7 Å². The fourth-order valence-corrected chi connectivity index (χ4v) is 3.12. The number of rotatable bonds is 13. The third-order valence-corrected chi connectivity index (χ3v) is 4.61. The van der Waals surface area contributed by atoms with Gasteiger partial charge in [-0.3, -0.25) is 4.55 Å². The van der Waals surface area contributed by atoms with E-state index in [2.05, 4.69) is 11.1 Å². The summed E-state index contributed by atoms with van der Waals surface area (Å²) < 4.78 is 39.4. The van der Waals surface area contributed by atoms with Gasteiger partial charge in [0.05, 0.1) is 0 Å². The first kappa shape index (κ1) is 22.6. The van der Waals surface area contributed by atoms with Crippen LogP contribution in [0.5, 0.6) is 5.75 Å². The summed E-state index contributed by atoms with van der Waals surface area (Å²) in [4.78, 5) is 11.9. The lowest BCUT2D eigenvalue weighted by molar-refractivity contribution is -0.141. The minimum absolute atomic E-state index is 0.395. The summed E-state index contributed by atoms with van der Waals surface area (Å²) in [5.74, 6) is -0.475. The first-order chi connectivity index (χ1) is 12.3. The smallest absolute Gasteiger partial charge is 0.398 e. The highest BCUT2D eigenvalue weighted by molar-refractivity contribution is 7.80. The van der Waals surface area contributed by atoms with Crippen LogP contribution in [0.3, 0.4) is 0 Å². The van der Waals surface area contributed by atoms with E-state index in [1.54, 1.807) is 12.1 Å². The van der Waals surface area contributed by atoms with Crippen molar-refractivity contribution in [1.82, 2.24) is 0 Å². The number of carbonyl (C=O) groups is 1. The van der Waals surface area contributed by atoms with Crippen LogP contribution in [0.4, 0.5) is 0 Å². The van der Waals surface area contributed by atoms with Gasteiger partial charge in [-0.2, -0.15) is 8.42 Å². The van der Waals surface area contributed by atoms with Crippen LogP contribution in [0.2, 0.25) is 0 Å². The molecule has 0 radical (unpaired) electrons. The van der Waals surface area contributed by atoms with E-state index < -0.39 is 22.5 Å². The Bertz CT molecular complexity index is 641. The van der Waals surface area contributed by atoms with Gasteiger partial charge in [0.15, 0.2) is 6.10 Å². The molecule has 0 aromatic heterocycles. The van der Waals surface area contributed by atoms with Gasteiger partial charge in [0.25, 0.3) is 0 Å². The average molecular weight is 387 g/mol. The zero-order chi connectivity index (χ0) is 19.4. The van der Waals surface area contributed by atoms with Crippen molar-refractivity contribution in [3.05, 3.63) is 29.8 Å². The lowest BCUT2D eigenvalue weighted by Gasteiger charge is -2.13. The summed E-state index contributed by atoms with van der Waals surface area (Å²) in [6, 6.07) is 7.17. The van der Waals surface area contributed by atoms with Crippen molar-refractivity contribution in [1.29, 1.82) is 0 Å². The molecule has 7 heteroatoms. The quantitative estimate of drug-likeness (QED) is 0.233. The van der Waals surface area contributed by atoms with E-state index in [0.717, 1.165) is 24.8 Å². The summed E-state index contributed by atoms with van der Waals surface area (Å²) in [5.41, 5.74) is 0.894. The number of para-hydroxylation sites is 1. The molecule has 0 fully saturated rings. The van der Waals surface area contributed by atoms with Gasteiger partial charge in [0.2, 0.25) is 0 Å². The summed E-state index contributed by atoms with van der Waals surface area (Å²) in [7, 11) is -4.70. The molecule has 1 rings (SSSR count). The highest BCUT2D eigenvalue weighted by atomic mass is 32.3. The number of esters is 1. The maximum absolute atomic E-state index is 11.9. The number of hydrogen-bond donors (Lipinski definition) is 1. The Balaban J connectivity index is 2.43. The topological polar surface area (TPSA) is 89.9 Å². The third-order valence-electron chi connectivity index (χ3n) is 4.08. The molecular formula is C19H30O6S. The number of unbranched alkanes of at least 4 members (excludes halogenated alkanes) is 7. The van der Waals surface area contributed by atoms with Gasteiger partial charge in [-0.05, 0) is 31.4 Å². The van der Waals surface area contributed by atoms with Crippen molar-refractivity contribution in [2.75, 3.05) is 0 Å². The minimum atomic E-state index is -4.70. The number of benzene rings is 1. The molecule has 0 aliphatic rings. The molecule has 0 saturated carbocycles. The second-order valence-corrected chi connectivity index (χ2v) is 7.47. The summed E-state index contributed by atoms with van der Waals surface area (Å²) >= 11 is 0. The predicted molar refractivity (Wildman–Crippen MR) is 100 cm³/mol. The fourth-order valence-electron chi connectivity index (χ4n) is 2.67.